The Morgan fingerprint density at radius 2 is 1.97 bits per heavy atom. The summed E-state index contributed by atoms with van der Waals surface area (Å²) in [4.78, 5) is 19.1. The number of fused-ring (bicyclic) bond motifs is 1. The van der Waals surface area contributed by atoms with E-state index in [1.165, 1.54) is 13.2 Å². The highest BCUT2D eigenvalue weighted by molar-refractivity contribution is 5.98. The third-order valence-corrected chi connectivity index (χ3v) is 6.05. The zero-order chi connectivity index (χ0) is 21.9. The molecule has 0 radical (unpaired) electrons. The molecule has 9 heteroatoms. The van der Waals surface area contributed by atoms with Crippen molar-refractivity contribution in [2.45, 2.75) is 18.9 Å². The Hall–Kier alpha value is -3.33. The largest absolute Gasteiger partial charge is 0.502 e. The number of ether oxygens (including phenoxy) is 2. The lowest BCUT2D eigenvalue weighted by Gasteiger charge is -2.41. The summed E-state index contributed by atoms with van der Waals surface area (Å²) in [6, 6.07) is 6.53. The van der Waals surface area contributed by atoms with Gasteiger partial charge in [-0.05, 0) is 37.6 Å². The first-order chi connectivity index (χ1) is 14.8. The van der Waals surface area contributed by atoms with Crippen molar-refractivity contribution in [2.75, 3.05) is 33.4 Å². The lowest BCUT2D eigenvalue weighted by Crippen LogP contribution is -2.49. The number of carbonyl (C=O) groups is 1. The summed E-state index contributed by atoms with van der Waals surface area (Å²) in [5, 5.41) is 20.0. The molecule has 2 saturated heterocycles. The first kappa shape index (κ1) is 19.6. The molecule has 31 heavy (non-hydrogen) atoms. The molecule has 5 rings (SSSR count). The van der Waals surface area contributed by atoms with Gasteiger partial charge in [0.2, 0.25) is 5.75 Å². The third-order valence-electron chi connectivity index (χ3n) is 6.05. The number of phenolic OH excluding ortho intramolecular Hbond substituents is 2. The van der Waals surface area contributed by atoms with E-state index in [2.05, 4.69) is 4.98 Å². The van der Waals surface area contributed by atoms with E-state index in [0.29, 0.717) is 29.8 Å². The molecule has 0 aliphatic carbocycles. The molecule has 0 unspecified atom stereocenters. The van der Waals surface area contributed by atoms with Crippen LogP contribution in [0.4, 0.5) is 4.39 Å². The van der Waals surface area contributed by atoms with Crippen molar-refractivity contribution in [3.05, 3.63) is 35.6 Å². The summed E-state index contributed by atoms with van der Waals surface area (Å²) in [6.07, 6.45) is 0.997. The van der Waals surface area contributed by atoms with Crippen LogP contribution in [0.15, 0.2) is 24.3 Å². The van der Waals surface area contributed by atoms with Gasteiger partial charge in [0, 0.05) is 18.7 Å². The number of benzene rings is 2. The van der Waals surface area contributed by atoms with Crippen LogP contribution in [0.1, 0.15) is 23.7 Å². The van der Waals surface area contributed by atoms with E-state index in [9.17, 15) is 15.0 Å². The summed E-state index contributed by atoms with van der Waals surface area (Å²) in [6.45, 7) is 4.22. The predicted molar refractivity (Wildman–Crippen MR) is 110 cm³/mol. The molecule has 2 fully saturated rings. The zero-order valence-corrected chi connectivity index (χ0v) is 17.2. The maximum absolute atomic E-state index is 15.0. The molecule has 0 atom stereocenters. The Bertz CT molecular complexity index is 1210. The second-order valence-electron chi connectivity index (χ2n) is 8.25. The maximum Gasteiger partial charge on any atom is 0.253 e. The lowest BCUT2D eigenvalue weighted by molar-refractivity contribution is -0.0868. The van der Waals surface area contributed by atoms with Gasteiger partial charge in [-0.3, -0.25) is 4.79 Å². The molecule has 2 aromatic carbocycles. The Balaban J connectivity index is 1.75. The van der Waals surface area contributed by atoms with E-state index in [0.717, 1.165) is 19.5 Å². The van der Waals surface area contributed by atoms with Crippen LogP contribution in [0, 0.1) is 5.82 Å². The smallest absolute Gasteiger partial charge is 0.253 e. The molecular formula is C22H22FN3O5. The number of hydrogen-bond donors (Lipinski definition) is 2. The Kier molecular flexibility index (Phi) is 4.33. The first-order valence-corrected chi connectivity index (χ1v) is 10.0. The van der Waals surface area contributed by atoms with Gasteiger partial charge >= 0.3 is 0 Å². The summed E-state index contributed by atoms with van der Waals surface area (Å²) in [5.41, 5.74) is 1.24. The van der Waals surface area contributed by atoms with E-state index in [-0.39, 0.29) is 23.0 Å². The van der Waals surface area contributed by atoms with Gasteiger partial charge in [0.05, 0.1) is 42.5 Å². The average molecular weight is 427 g/mol. The van der Waals surface area contributed by atoms with Crippen LogP contribution in [0.2, 0.25) is 0 Å². The van der Waals surface area contributed by atoms with E-state index < -0.39 is 22.9 Å². The van der Waals surface area contributed by atoms with Crippen LogP contribution in [0.25, 0.3) is 22.4 Å². The number of rotatable bonds is 4. The number of hydrogen-bond acceptors (Lipinski definition) is 6. The number of imidazole rings is 1. The van der Waals surface area contributed by atoms with Crippen LogP contribution < -0.4 is 4.74 Å². The van der Waals surface area contributed by atoms with Crippen molar-refractivity contribution in [1.29, 1.82) is 0 Å². The number of aromatic hydroxyl groups is 2. The van der Waals surface area contributed by atoms with Gasteiger partial charge in [-0.15, -0.1) is 0 Å². The molecule has 2 aliphatic rings. The molecule has 0 bridgehead atoms. The molecular weight excluding hydrogens is 405 g/mol. The minimum atomic E-state index is -1.00. The van der Waals surface area contributed by atoms with Crippen molar-refractivity contribution in [3.63, 3.8) is 0 Å². The number of halogens is 1. The highest BCUT2D eigenvalue weighted by Crippen LogP contribution is 2.44. The van der Waals surface area contributed by atoms with E-state index >= 15 is 4.39 Å². The monoisotopic (exact) mass is 427 g/mol. The zero-order valence-electron chi connectivity index (χ0n) is 17.2. The minimum absolute atomic E-state index is 0.0212. The Morgan fingerprint density at radius 1 is 1.23 bits per heavy atom. The normalized spacial score (nSPS) is 17.3. The summed E-state index contributed by atoms with van der Waals surface area (Å²) in [5.74, 6) is -2.46. The molecule has 8 nitrogen and oxygen atoms in total. The van der Waals surface area contributed by atoms with Crippen molar-refractivity contribution >= 4 is 16.9 Å². The maximum atomic E-state index is 15.0. The Labute approximate surface area is 177 Å². The van der Waals surface area contributed by atoms with Crippen LogP contribution in [-0.2, 0) is 10.3 Å². The molecule has 3 heterocycles. The second kappa shape index (κ2) is 6.84. The summed E-state index contributed by atoms with van der Waals surface area (Å²) < 4.78 is 27.4. The lowest BCUT2D eigenvalue weighted by atomic mass is 9.98. The molecule has 2 aliphatic heterocycles. The van der Waals surface area contributed by atoms with Crippen molar-refractivity contribution < 1.29 is 28.9 Å². The Morgan fingerprint density at radius 3 is 2.55 bits per heavy atom. The van der Waals surface area contributed by atoms with Gasteiger partial charge in [0.1, 0.15) is 5.82 Å². The molecule has 0 spiro atoms. The van der Waals surface area contributed by atoms with Crippen LogP contribution >= 0.6 is 0 Å². The molecule has 1 amide bonds. The van der Waals surface area contributed by atoms with Crippen molar-refractivity contribution in [3.8, 4) is 28.6 Å². The number of nitrogens with zero attached hydrogens (tertiary/aromatic N) is 3. The fourth-order valence-corrected chi connectivity index (χ4v) is 4.09. The van der Waals surface area contributed by atoms with Gasteiger partial charge in [-0.2, -0.15) is 0 Å². The van der Waals surface area contributed by atoms with E-state index in [1.54, 1.807) is 23.1 Å². The van der Waals surface area contributed by atoms with Gasteiger partial charge in [0.15, 0.2) is 17.3 Å². The number of aromatic nitrogens is 2. The fourth-order valence-electron chi connectivity index (χ4n) is 4.09. The van der Waals surface area contributed by atoms with Gasteiger partial charge in [0.25, 0.3) is 5.91 Å². The predicted octanol–water partition coefficient (Wildman–Crippen LogP) is 2.85. The first-order valence-electron chi connectivity index (χ1n) is 10.0. The summed E-state index contributed by atoms with van der Waals surface area (Å²) in [7, 11) is 1.31. The minimum Gasteiger partial charge on any atom is -0.502 e. The SMILES string of the molecule is COc1cc(-c2nc3ccc(C(=O)N4CCC4)cc3n2C2(C)COC2)c(F)c(O)c1O. The van der Waals surface area contributed by atoms with Crippen LogP contribution in [0.5, 0.6) is 17.2 Å². The number of amides is 1. The van der Waals surface area contributed by atoms with Gasteiger partial charge in [-0.25, -0.2) is 9.37 Å². The summed E-state index contributed by atoms with van der Waals surface area (Å²) >= 11 is 0. The van der Waals surface area contributed by atoms with Gasteiger partial charge in [-0.1, -0.05) is 0 Å². The van der Waals surface area contributed by atoms with Crippen molar-refractivity contribution in [2.24, 2.45) is 0 Å². The van der Waals surface area contributed by atoms with Crippen LogP contribution in [-0.4, -0.2) is 64.0 Å². The highest BCUT2D eigenvalue weighted by atomic mass is 19.1. The number of phenols is 2. The number of carbonyl (C=O) groups excluding carboxylic acids is 1. The second-order valence-corrected chi connectivity index (χ2v) is 8.25. The average Bonchev–Trinajstić information content (AvgIpc) is 3.08. The van der Waals surface area contributed by atoms with Crippen molar-refractivity contribution in [1.82, 2.24) is 14.5 Å². The molecule has 3 aromatic rings. The third kappa shape index (κ3) is 2.83. The van der Waals surface area contributed by atoms with Crippen LogP contribution in [0.3, 0.4) is 0 Å². The number of methoxy groups -OCH3 is 1. The van der Waals surface area contributed by atoms with E-state index in [1.807, 2.05) is 11.5 Å². The van der Waals surface area contributed by atoms with Gasteiger partial charge < -0.3 is 29.2 Å². The van der Waals surface area contributed by atoms with E-state index in [4.69, 9.17) is 9.47 Å². The molecule has 1 aromatic heterocycles. The fraction of sp³-hybridized carbons (Fsp3) is 0.364. The quantitative estimate of drug-likeness (QED) is 0.622. The topological polar surface area (TPSA) is 97.1 Å². The number of likely N-dealkylation sites (tertiary alicyclic amines) is 1. The highest BCUT2D eigenvalue weighted by Gasteiger charge is 2.40. The molecule has 162 valence electrons. The molecule has 0 saturated carbocycles. The standard InChI is InChI=1S/C22H22FN3O5/c1-22(10-31-11-22)26-15-8-12(21(29)25-6-3-7-25)4-5-14(15)24-20(26)13-9-16(30-2)18(27)19(28)17(13)23/h4-5,8-9,27-28H,3,6-7,10-11H2,1-2H3. The molecule has 2 N–H and O–H groups in total.